The predicted octanol–water partition coefficient (Wildman–Crippen LogP) is 3.05. The van der Waals surface area contributed by atoms with Crippen molar-refractivity contribution >= 4 is 23.0 Å². The molecule has 5 nitrogen and oxygen atoms in total. The maximum atomic E-state index is 12.9. The fourth-order valence-corrected chi connectivity index (χ4v) is 4.65. The van der Waals surface area contributed by atoms with E-state index in [1.54, 1.807) is 18.4 Å². The molecule has 0 atom stereocenters. The first kappa shape index (κ1) is 19.8. The number of carbonyl (C=O) groups is 2. The summed E-state index contributed by atoms with van der Waals surface area (Å²) < 4.78 is 2.25. The molecule has 0 radical (unpaired) electrons. The third kappa shape index (κ3) is 4.68. The lowest BCUT2D eigenvalue weighted by Crippen LogP contribution is -2.41. The molecule has 0 spiro atoms. The highest BCUT2D eigenvalue weighted by molar-refractivity contribution is 7.09. The summed E-state index contributed by atoms with van der Waals surface area (Å²) in [5, 5.41) is 4.83. The number of carbonyl (C=O) groups excluding carboxylic acids is 2. The first-order valence-electron chi connectivity index (χ1n) is 9.66. The number of rotatable bonds is 7. The Balaban J connectivity index is 1.59. The molecule has 3 heterocycles. The van der Waals surface area contributed by atoms with Gasteiger partial charge in [-0.05, 0) is 63.7 Å². The van der Waals surface area contributed by atoms with Crippen molar-refractivity contribution in [2.45, 2.75) is 39.7 Å². The van der Waals surface area contributed by atoms with E-state index in [1.165, 1.54) is 4.88 Å². The Kier molecular flexibility index (Phi) is 6.50. The van der Waals surface area contributed by atoms with Crippen LogP contribution >= 0.6 is 11.3 Å². The monoisotopic (exact) mass is 387 g/mol. The molecule has 27 heavy (non-hydrogen) atoms. The van der Waals surface area contributed by atoms with E-state index in [9.17, 15) is 9.59 Å². The van der Waals surface area contributed by atoms with Gasteiger partial charge in [0.15, 0.2) is 5.78 Å². The molecule has 1 saturated heterocycles. The Morgan fingerprint density at radius 3 is 2.63 bits per heavy atom. The van der Waals surface area contributed by atoms with Gasteiger partial charge in [-0.2, -0.15) is 0 Å². The van der Waals surface area contributed by atoms with E-state index < -0.39 is 0 Å². The van der Waals surface area contributed by atoms with Crippen LogP contribution in [0.4, 0.5) is 0 Å². The third-order valence-corrected chi connectivity index (χ3v) is 6.54. The van der Waals surface area contributed by atoms with E-state index in [0.29, 0.717) is 6.54 Å². The summed E-state index contributed by atoms with van der Waals surface area (Å²) in [5.74, 6) is 0.391. The molecule has 1 aliphatic rings. The van der Waals surface area contributed by atoms with Gasteiger partial charge in [-0.15, -0.1) is 11.3 Å². The number of thiophene rings is 1. The molecule has 2 aromatic heterocycles. The second-order valence-electron chi connectivity index (χ2n) is 7.35. The molecule has 0 unspecified atom stereocenters. The van der Waals surface area contributed by atoms with Crippen molar-refractivity contribution in [3.05, 3.63) is 45.4 Å². The quantitative estimate of drug-likeness (QED) is 0.743. The van der Waals surface area contributed by atoms with Crippen molar-refractivity contribution in [2.24, 2.45) is 5.92 Å². The van der Waals surface area contributed by atoms with E-state index >= 15 is 0 Å². The van der Waals surface area contributed by atoms with Gasteiger partial charge >= 0.3 is 0 Å². The second-order valence-corrected chi connectivity index (χ2v) is 8.39. The lowest BCUT2D eigenvalue weighted by molar-refractivity contribution is -0.125. The zero-order valence-corrected chi connectivity index (χ0v) is 17.3. The van der Waals surface area contributed by atoms with Crippen LogP contribution in [0.3, 0.4) is 0 Å². The minimum absolute atomic E-state index is 0.0867. The van der Waals surface area contributed by atoms with Gasteiger partial charge in [-0.1, -0.05) is 6.07 Å². The SMILES string of the molecule is CNC(=O)C1CCN(CC(=O)c2cc(C)n(CCc3cccs3)c2C)CC1. The van der Waals surface area contributed by atoms with Crippen LogP contribution in [-0.2, 0) is 17.8 Å². The van der Waals surface area contributed by atoms with Crippen molar-refractivity contribution in [1.29, 1.82) is 0 Å². The fourth-order valence-electron chi connectivity index (χ4n) is 3.95. The van der Waals surface area contributed by atoms with Gasteiger partial charge in [-0.3, -0.25) is 14.5 Å². The minimum Gasteiger partial charge on any atom is -0.359 e. The van der Waals surface area contributed by atoms with Gasteiger partial charge in [0.05, 0.1) is 6.54 Å². The summed E-state index contributed by atoms with van der Waals surface area (Å²) in [6.07, 6.45) is 2.65. The second kappa shape index (κ2) is 8.85. The number of nitrogens with zero attached hydrogens (tertiary/aromatic N) is 2. The normalized spacial score (nSPS) is 15.8. The van der Waals surface area contributed by atoms with Gasteiger partial charge in [-0.25, -0.2) is 0 Å². The maximum absolute atomic E-state index is 12.9. The molecule has 1 fully saturated rings. The van der Waals surface area contributed by atoms with Gasteiger partial charge in [0.25, 0.3) is 0 Å². The zero-order chi connectivity index (χ0) is 19.4. The molecule has 0 aliphatic carbocycles. The minimum atomic E-state index is 0.0867. The summed E-state index contributed by atoms with van der Waals surface area (Å²) in [6.45, 7) is 7.08. The van der Waals surface area contributed by atoms with Crippen LogP contribution in [0.2, 0.25) is 0 Å². The molecular weight excluding hydrogens is 358 g/mol. The number of nitrogens with one attached hydrogen (secondary N) is 1. The number of amides is 1. The van der Waals surface area contributed by atoms with E-state index in [1.807, 2.05) is 13.0 Å². The molecule has 1 N–H and O–H groups in total. The Labute approximate surface area is 165 Å². The van der Waals surface area contributed by atoms with Gasteiger partial charge in [0.1, 0.15) is 0 Å². The number of ketones is 1. The number of Topliss-reactive ketones (excluding diaryl/α,β-unsaturated/α-hetero) is 1. The zero-order valence-electron chi connectivity index (χ0n) is 16.5. The smallest absolute Gasteiger partial charge is 0.222 e. The van der Waals surface area contributed by atoms with Crippen LogP contribution in [0.25, 0.3) is 0 Å². The lowest BCUT2D eigenvalue weighted by atomic mass is 9.95. The van der Waals surface area contributed by atoms with E-state index in [2.05, 4.69) is 39.2 Å². The molecule has 146 valence electrons. The maximum Gasteiger partial charge on any atom is 0.222 e. The van der Waals surface area contributed by atoms with Crippen molar-refractivity contribution in [3.8, 4) is 0 Å². The average molecular weight is 388 g/mol. The van der Waals surface area contributed by atoms with Crippen LogP contribution in [0.5, 0.6) is 0 Å². The third-order valence-electron chi connectivity index (χ3n) is 5.61. The Morgan fingerprint density at radius 2 is 2.00 bits per heavy atom. The molecule has 6 heteroatoms. The van der Waals surface area contributed by atoms with Crippen LogP contribution in [-0.4, -0.2) is 47.8 Å². The van der Waals surface area contributed by atoms with Crippen LogP contribution in [0, 0.1) is 19.8 Å². The van der Waals surface area contributed by atoms with Crippen LogP contribution in [0.15, 0.2) is 23.6 Å². The Morgan fingerprint density at radius 1 is 1.26 bits per heavy atom. The molecule has 0 bridgehead atoms. The Hall–Kier alpha value is -1.92. The van der Waals surface area contributed by atoms with E-state index in [0.717, 1.165) is 55.8 Å². The largest absolute Gasteiger partial charge is 0.359 e. The highest BCUT2D eigenvalue weighted by atomic mass is 32.1. The van der Waals surface area contributed by atoms with Gasteiger partial charge in [0, 0.05) is 41.3 Å². The van der Waals surface area contributed by atoms with Crippen LogP contribution < -0.4 is 5.32 Å². The molecule has 3 rings (SSSR count). The molecule has 0 saturated carbocycles. The van der Waals surface area contributed by atoms with E-state index in [4.69, 9.17) is 0 Å². The molecule has 1 aliphatic heterocycles. The van der Waals surface area contributed by atoms with Gasteiger partial charge in [0.2, 0.25) is 5.91 Å². The first-order valence-corrected chi connectivity index (χ1v) is 10.5. The van der Waals surface area contributed by atoms with Crippen molar-refractivity contribution in [2.75, 3.05) is 26.7 Å². The summed E-state index contributed by atoms with van der Waals surface area (Å²) in [5.41, 5.74) is 3.05. The summed E-state index contributed by atoms with van der Waals surface area (Å²) in [6, 6.07) is 6.27. The molecule has 0 aromatic carbocycles. The summed E-state index contributed by atoms with van der Waals surface area (Å²) in [4.78, 5) is 28.2. The number of likely N-dealkylation sites (tertiary alicyclic amines) is 1. The van der Waals surface area contributed by atoms with Crippen molar-refractivity contribution in [3.63, 3.8) is 0 Å². The van der Waals surface area contributed by atoms with E-state index in [-0.39, 0.29) is 17.6 Å². The number of hydrogen-bond acceptors (Lipinski definition) is 4. The topological polar surface area (TPSA) is 54.3 Å². The van der Waals surface area contributed by atoms with Crippen LogP contribution in [0.1, 0.15) is 39.5 Å². The standard InChI is InChI=1S/C21H29N3O2S/c1-15-13-19(16(2)24(15)11-8-18-5-4-12-27-18)20(25)14-23-9-6-17(7-10-23)21(26)22-3/h4-5,12-13,17H,6-11,14H2,1-3H3,(H,22,26). The van der Waals surface area contributed by atoms with Gasteiger partial charge < -0.3 is 9.88 Å². The molecular formula is C21H29N3O2S. The molecule has 2 aromatic rings. The fraction of sp³-hybridized carbons (Fsp3) is 0.524. The number of piperidine rings is 1. The average Bonchev–Trinajstić information content (AvgIpc) is 3.28. The highest BCUT2D eigenvalue weighted by Crippen LogP contribution is 2.21. The highest BCUT2D eigenvalue weighted by Gasteiger charge is 2.26. The van der Waals surface area contributed by atoms with Crippen molar-refractivity contribution in [1.82, 2.24) is 14.8 Å². The number of aryl methyl sites for hydroxylation is 2. The number of aromatic nitrogens is 1. The molecule has 1 amide bonds. The van der Waals surface area contributed by atoms with Crippen molar-refractivity contribution < 1.29 is 9.59 Å². The first-order chi connectivity index (χ1) is 13.0. The number of hydrogen-bond donors (Lipinski definition) is 1. The Bertz CT molecular complexity index is 787. The summed E-state index contributed by atoms with van der Waals surface area (Å²) >= 11 is 1.78. The summed E-state index contributed by atoms with van der Waals surface area (Å²) in [7, 11) is 1.69. The predicted molar refractivity (Wildman–Crippen MR) is 109 cm³/mol. The lowest BCUT2D eigenvalue weighted by Gasteiger charge is -2.30.